The minimum absolute atomic E-state index is 0.221. The molecule has 0 radical (unpaired) electrons. The SMILES string of the molecule is CCn1ncc(-c2ccnc3cc(C(=O)Nc4ncn(Cc5ccccc5C)n4)nn23)c1C. The van der Waals surface area contributed by atoms with Crippen LogP contribution in [-0.4, -0.2) is 45.1 Å². The molecule has 10 nitrogen and oxygen atoms in total. The molecule has 0 aliphatic carbocycles. The molecule has 1 aromatic carbocycles. The van der Waals surface area contributed by atoms with E-state index in [4.69, 9.17) is 0 Å². The van der Waals surface area contributed by atoms with Crippen molar-refractivity contribution in [2.75, 3.05) is 5.32 Å². The highest BCUT2D eigenvalue weighted by atomic mass is 16.2. The van der Waals surface area contributed by atoms with Gasteiger partial charge >= 0.3 is 0 Å². The van der Waals surface area contributed by atoms with Gasteiger partial charge in [0.15, 0.2) is 11.3 Å². The zero-order chi connectivity index (χ0) is 22.9. The molecule has 0 saturated heterocycles. The van der Waals surface area contributed by atoms with Crippen LogP contribution in [0.3, 0.4) is 0 Å². The molecule has 1 N–H and O–H groups in total. The van der Waals surface area contributed by atoms with Crippen molar-refractivity contribution in [3.63, 3.8) is 0 Å². The van der Waals surface area contributed by atoms with Gasteiger partial charge in [-0.3, -0.25) is 14.8 Å². The first-order chi connectivity index (χ1) is 16.0. The summed E-state index contributed by atoms with van der Waals surface area (Å²) in [5.74, 6) is -0.181. The Kier molecular flexibility index (Phi) is 5.17. The van der Waals surface area contributed by atoms with Gasteiger partial charge in [0, 0.05) is 30.1 Å². The molecule has 0 saturated carbocycles. The predicted octanol–water partition coefficient (Wildman–Crippen LogP) is 3.12. The molecule has 0 atom stereocenters. The molecule has 0 spiro atoms. The minimum atomic E-state index is -0.402. The van der Waals surface area contributed by atoms with Crippen LogP contribution in [0.1, 0.15) is 34.2 Å². The zero-order valence-corrected chi connectivity index (χ0v) is 18.6. The number of rotatable bonds is 6. The van der Waals surface area contributed by atoms with E-state index >= 15 is 0 Å². The molecular weight excluding hydrogens is 418 g/mol. The molecule has 5 aromatic rings. The molecule has 5 rings (SSSR count). The van der Waals surface area contributed by atoms with Crippen molar-refractivity contribution in [3.05, 3.63) is 77.6 Å². The first-order valence-electron chi connectivity index (χ1n) is 10.7. The number of nitrogens with one attached hydrogen (secondary N) is 1. The summed E-state index contributed by atoms with van der Waals surface area (Å²) in [7, 11) is 0. The minimum Gasteiger partial charge on any atom is -0.288 e. The van der Waals surface area contributed by atoms with Crippen LogP contribution in [0, 0.1) is 13.8 Å². The van der Waals surface area contributed by atoms with E-state index < -0.39 is 5.91 Å². The second-order valence-corrected chi connectivity index (χ2v) is 7.74. The van der Waals surface area contributed by atoms with Crippen LogP contribution in [0.4, 0.5) is 5.95 Å². The topological polar surface area (TPSA) is 108 Å². The van der Waals surface area contributed by atoms with Crippen molar-refractivity contribution in [1.29, 1.82) is 0 Å². The first kappa shape index (κ1) is 20.6. The second kappa shape index (κ2) is 8.30. The van der Waals surface area contributed by atoms with Crippen LogP contribution in [0.25, 0.3) is 16.9 Å². The summed E-state index contributed by atoms with van der Waals surface area (Å²) in [4.78, 5) is 21.4. The van der Waals surface area contributed by atoms with Gasteiger partial charge in [-0.1, -0.05) is 24.3 Å². The summed E-state index contributed by atoms with van der Waals surface area (Å²) in [6.45, 7) is 7.44. The van der Waals surface area contributed by atoms with E-state index in [-0.39, 0.29) is 11.6 Å². The van der Waals surface area contributed by atoms with Gasteiger partial charge < -0.3 is 0 Å². The van der Waals surface area contributed by atoms with Gasteiger partial charge in [0.25, 0.3) is 5.91 Å². The van der Waals surface area contributed by atoms with Crippen LogP contribution >= 0.6 is 0 Å². The summed E-state index contributed by atoms with van der Waals surface area (Å²) in [5.41, 5.74) is 5.89. The van der Waals surface area contributed by atoms with E-state index in [9.17, 15) is 4.79 Å². The second-order valence-electron chi connectivity index (χ2n) is 7.74. The standard InChI is InChI=1S/C23H23N9O/c1-4-31-16(3)18(12-26-31)20-9-10-24-21-11-19(28-32(20)21)22(33)27-23-25-14-30(29-23)13-17-8-6-5-7-15(17)2/h5-12,14H,4,13H2,1-3H3,(H,27,29,33). The average Bonchev–Trinajstić information content (AvgIpc) is 3.53. The Hall–Kier alpha value is -4.34. The lowest BCUT2D eigenvalue weighted by Gasteiger charge is -2.05. The first-order valence-corrected chi connectivity index (χ1v) is 10.7. The Morgan fingerprint density at radius 3 is 2.73 bits per heavy atom. The van der Waals surface area contributed by atoms with Gasteiger partial charge in [-0.25, -0.2) is 19.2 Å². The van der Waals surface area contributed by atoms with Crippen molar-refractivity contribution in [3.8, 4) is 11.3 Å². The maximum Gasteiger partial charge on any atom is 0.278 e. The molecule has 0 fully saturated rings. The Balaban J connectivity index is 1.38. The number of hydrogen-bond acceptors (Lipinski definition) is 6. The summed E-state index contributed by atoms with van der Waals surface area (Å²) in [5, 5.41) is 16.0. The number of carbonyl (C=O) groups excluding carboxylic acids is 1. The molecular formula is C23H23N9O. The smallest absolute Gasteiger partial charge is 0.278 e. The highest BCUT2D eigenvalue weighted by Crippen LogP contribution is 2.23. The Labute approximate surface area is 189 Å². The number of anilines is 1. The highest BCUT2D eigenvalue weighted by Gasteiger charge is 2.18. The molecule has 10 heteroatoms. The lowest BCUT2D eigenvalue weighted by Crippen LogP contribution is -2.14. The number of aromatic nitrogens is 8. The lowest BCUT2D eigenvalue weighted by atomic mass is 10.1. The molecule has 4 heterocycles. The van der Waals surface area contributed by atoms with E-state index in [1.807, 2.05) is 42.8 Å². The maximum absolute atomic E-state index is 12.9. The van der Waals surface area contributed by atoms with Gasteiger partial charge in [0.2, 0.25) is 5.95 Å². The largest absolute Gasteiger partial charge is 0.288 e. The molecule has 0 bridgehead atoms. The third-order valence-electron chi connectivity index (χ3n) is 5.62. The number of fused-ring (bicyclic) bond motifs is 1. The van der Waals surface area contributed by atoms with Crippen LogP contribution in [0.5, 0.6) is 0 Å². The van der Waals surface area contributed by atoms with Crippen LogP contribution in [0.15, 0.2) is 55.1 Å². The molecule has 0 aliphatic rings. The number of benzene rings is 1. The van der Waals surface area contributed by atoms with Crippen molar-refractivity contribution < 1.29 is 4.79 Å². The number of nitrogens with zero attached hydrogens (tertiary/aromatic N) is 8. The number of carbonyl (C=O) groups is 1. The molecule has 0 unspecified atom stereocenters. The maximum atomic E-state index is 12.9. The summed E-state index contributed by atoms with van der Waals surface area (Å²) in [6, 6.07) is 11.6. The quantitative estimate of drug-likeness (QED) is 0.434. The van der Waals surface area contributed by atoms with Gasteiger partial charge in [-0.05, 0) is 38.0 Å². The third-order valence-corrected chi connectivity index (χ3v) is 5.62. The van der Waals surface area contributed by atoms with Crippen LogP contribution in [-0.2, 0) is 13.1 Å². The van der Waals surface area contributed by atoms with Gasteiger partial charge in [-0.2, -0.15) is 10.2 Å². The molecule has 33 heavy (non-hydrogen) atoms. The zero-order valence-electron chi connectivity index (χ0n) is 18.6. The average molecular weight is 441 g/mol. The molecule has 4 aromatic heterocycles. The summed E-state index contributed by atoms with van der Waals surface area (Å²) >= 11 is 0. The Morgan fingerprint density at radius 2 is 1.94 bits per heavy atom. The van der Waals surface area contributed by atoms with Crippen molar-refractivity contribution in [2.24, 2.45) is 0 Å². The molecule has 166 valence electrons. The Bertz CT molecular complexity index is 1460. The lowest BCUT2D eigenvalue weighted by molar-refractivity contribution is 0.102. The van der Waals surface area contributed by atoms with Gasteiger partial charge in [0.05, 0.1) is 18.4 Å². The summed E-state index contributed by atoms with van der Waals surface area (Å²) < 4.78 is 5.26. The fraction of sp³-hybridized carbons (Fsp3) is 0.217. The van der Waals surface area contributed by atoms with Crippen molar-refractivity contribution in [2.45, 2.75) is 33.9 Å². The molecule has 1 amide bonds. The van der Waals surface area contributed by atoms with Crippen molar-refractivity contribution in [1.82, 2.24) is 39.1 Å². The van der Waals surface area contributed by atoms with Gasteiger partial charge in [0.1, 0.15) is 6.33 Å². The number of aryl methyl sites for hydroxylation is 2. The molecule has 0 aliphatic heterocycles. The van der Waals surface area contributed by atoms with E-state index in [0.717, 1.165) is 29.1 Å². The van der Waals surface area contributed by atoms with E-state index in [1.165, 1.54) is 5.56 Å². The van der Waals surface area contributed by atoms with E-state index in [2.05, 4.69) is 43.6 Å². The third kappa shape index (κ3) is 3.86. The fourth-order valence-electron chi connectivity index (χ4n) is 3.78. The normalized spacial score (nSPS) is 11.2. The predicted molar refractivity (Wildman–Crippen MR) is 123 cm³/mol. The number of amides is 1. The Morgan fingerprint density at radius 1 is 1.09 bits per heavy atom. The summed E-state index contributed by atoms with van der Waals surface area (Å²) in [6.07, 6.45) is 5.10. The van der Waals surface area contributed by atoms with E-state index in [0.29, 0.717) is 12.2 Å². The number of hydrogen-bond donors (Lipinski definition) is 1. The van der Waals surface area contributed by atoms with Crippen LogP contribution < -0.4 is 5.32 Å². The van der Waals surface area contributed by atoms with Gasteiger partial charge in [-0.15, -0.1) is 5.10 Å². The monoisotopic (exact) mass is 441 g/mol. The van der Waals surface area contributed by atoms with Crippen LogP contribution in [0.2, 0.25) is 0 Å². The van der Waals surface area contributed by atoms with E-state index in [1.54, 1.807) is 34.0 Å². The van der Waals surface area contributed by atoms with Crippen molar-refractivity contribution >= 4 is 17.5 Å². The fourth-order valence-corrected chi connectivity index (χ4v) is 3.78. The highest BCUT2D eigenvalue weighted by molar-refractivity contribution is 6.02.